The van der Waals surface area contributed by atoms with Crippen LogP contribution in [0, 0.1) is 0 Å². The fraction of sp³-hybridized carbons (Fsp3) is 0.400. The van der Waals surface area contributed by atoms with Crippen LogP contribution < -0.4 is 10.6 Å². The Hall–Kier alpha value is -0.885. The standard InChI is InChI=1S/C10H16BNO4S/c1-10(2,3)8-6-7(11(13)14)4-5-9(8)17(12,15)16/h4-6,13-14H,1-3H3,(H2,12,15,16). The summed E-state index contributed by atoms with van der Waals surface area (Å²) in [6.45, 7) is 5.47. The van der Waals surface area contributed by atoms with Crippen LogP contribution in [-0.4, -0.2) is 25.6 Å². The van der Waals surface area contributed by atoms with Crippen LogP contribution in [-0.2, 0) is 15.4 Å². The van der Waals surface area contributed by atoms with E-state index >= 15 is 0 Å². The van der Waals surface area contributed by atoms with Crippen molar-refractivity contribution in [3.8, 4) is 0 Å². The fourth-order valence-electron chi connectivity index (χ4n) is 1.54. The van der Waals surface area contributed by atoms with Gasteiger partial charge in [0.1, 0.15) is 0 Å². The van der Waals surface area contributed by atoms with Crippen molar-refractivity contribution < 1.29 is 18.5 Å². The first-order chi connectivity index (χ1) is 7.53. The summed E-state index contributed by atoms with van der Waals surface area (Å²) in [7, 11) is -5.46. The monoisotopic (exact) mass is 257 g/mol. The van der Waals surface area contributed by atoms with Crippen molar-refractivity contribution in [1.82, 2.24) is 0 Å². The van der Waals surface area contributed by atoms with Gasteiger partial charge in [0.25, 0.3) is 0 Å². The summed E-state index contributed by atoms with van der Waals surface area (Å²) in [4.78, 5) is 0.00870. The molecule has 0 radical (unpaired) electrons. The minimum Gasteiger partial charge on any atom is -0.423 e. The van der Waals surface area contributed by atoms with Crippen molar-refractivity contribution in [1.29, 1.82) is 0 Å². The minimum atomic E-state index is -3.82. The predicted octanol–water partition coefficient (Wildman–Crippen LogP) is -0.689. The Morgan fingerprint density at radius 3 is 2.12 bits per heavy atom. The van der Waals surface area contributed by atoms with E-state index < -0.39 is 22.6 Å². The zero-order valence-electron chi connectivity index (χ0n) is 10.0. The molecule has 94 valence electrons. The van der Waals surface area contributed by atoms with E-state index in [1.807, 2.05) is 20.8 Å². The number of sulfonamides is 1. The van der Waals surface area contributed by atoms with Crippen LogP contribution >= 0.6 is 0 Å². The van der Waals surface area contributed by atoms with E-state index in [0.717, 1.165) is 0 Å². The topological polar surface area (TPSA) is 101 Å². The lowest BCUT2D eigenvalue weighted by Crippen LogP contribution is -2.32. The van der Waals surface area contributed by atoms with Gasteiger partial charge in [-0.15, -0.1) is 0 Å². The number of nitrogens with two attached hydrogens (primary N) is 1. The van der Waals surface area contributed by atoms with E-state index in [1.165, 1.54) is 18.2 Å². The van der Waals surface area contributed by atoms with Crippen molar-refractivity contribution in [3.05, 3.63) is 23.8 Å². The predicted molar refractivity (Wildman–Crippen MR) is 66.3 cm³/mol. The fourth-order valence-corrected chi connectivity index (χ4v) is 2.47. The number of benzene rings is 1. The summed E-state index contributed by atoms with van der Waals surface area (Å²) in [5.74, 6) is 0. The molecular formula is C10H16BNO4S. The van der Waals surface area contributed by atoms with Crippen LogP contribution in [0.2, 0.25) is 0 Å². The van der Waals surface area contributed by atoms with Crippen LogP contribution in [0.1, 0.15) is 26.3 Å². The van der Waals surface area contributed by atoms with Crippen molar-refractivity contribution in [3.63, 3.8) is 0 Å². The molecule has 0 aliphatic carbocycles. The molecule has 0 saturated carbocycles. The number of hydrogen-bond acceptors (Lipinski definition) is 4. The Bertz CT molecular complexity index is 520. The summed E-state index contributed by atoms with van der Waals surface area (Å²) >= 11 is 0. The van der Waals surface area contributed by atoms with Gasteiger partial charge in [0.05, 0.1) is 4.90 Å². The average Bonchev–Trinajstić information content (AvgIpc) is 2.14. The van der Waals surface area contributed by atoms with Gasteiger partial charge in [0.2, 0.25) is 10.0 Å². The lowest BCUT2D eigenvalue weighted by Gasteiger charge is -2.22. The molecule has 0 bridgehead atoms. The first kappa shape index (κ1) is 14.2. The van der Waals surface area contributed by atoms with Crippen molar-refractivity contribution in [2.75, 3.05) is 0 Å². The van der Waals surface area contributed by atoms with E-state index in [4.69, 9.17) is 15.2 Å². The number of primary sulfonamides is 1. The molecule has 5 nitrogen and oxygen atoms in total. The Morgan fingerprint density at radius 1 is 1.24 bits per heavy atom. The SMILES string of the molecule is CC(C)(C)c1cc(B(O)O)ccc1S(N)(=O)=O. The quantitative estimate of drug-likeness (QED) is 0.610. The molecule has 1 rings (SSSR count). The second kappa shape index (κ2) is 4.42. The van der Waals surface area contributed by atoms with Gasteiger partial charge in [0.15, 0.2) is 0 Å². The molecular weight excluding hydrogens is 241 g/mol. The molecule has 0 amide bonds. The normalized spacial score (nSPS) is 12.6. The summed E-state index contributed by atoms with van der Waals surface area (Å²) in [5.41, 5.74) is 0.236. The van der Waals surface area contributed by atoms with Crippen LogP contribution in [0.4, 0.5) is 0 Å². The molecule has 0 aliphatic rings. The average molecular weight is 257 g/mol. The molecule has 0 fully saturated rings. The molecule has 17 heavy (non-hydrogen) atoms. The Morgan fingerprint density at radius 2 is 1.76 bits per heavy atom. The second-order valence-electron chi connectivity index (χ2n) is 4.92. The smallest absolute Gasteiger partial charge is 0.423 e. The summed E-state index contributed by atoms with van der Waals surface area (Å²) in [6.07, 6.45) is 0. The van der Waals surface area contributed by atoms with Crippen LogP contribution in [0.5, 0.6) is 0 Å². The lowest BCUT2D eigenvalue weighted by atomic mass is 9.76. The first-order valence-electron chi connectivity index (χ1n) is 5.07. The highest BCUT2D eigenvalue weighted by atomic mass is 32.2. The molecule has 0 unspecified atom stereocenters. The highest BCUT2D eigenvalue weighted by molar-refractivity contribution is 7.89. The molecule has 7 heteroatoms. The van der Waals surface area contributed by atoms with E-state index in [-0.39, 0.29) is 10.4 Å². The van der Waals surface area contributed by atoms with E-state index in [1.54, 1.807) is 0 Å². The largest absolute Gasteiger partial charge is 0.488 e. The van der Waals surface area contributed by atoms with Gasteiger partial charge >= 0.3 is 7.12 Å². The van der Waals surface area contributed by atoms with Crippen molar-refractivity contribution in [2.24, 2.45) is 5.14 Å². The number of rotatable bonds is 2. The summed E-state index contributed by atoms with van der Waals surface area (Å²) in [5, 5.41) is 23.3. The molecule has 1 aromatic rings. The van der Waals surface area contributed by atoms with Gasteiger partial charge in [-0.1, -0.05) is 32.9 Å². The highest BCUT2D eigenvalue weighted by Gasteiger charge is 2.25. The maximum Gasteiger partial charge on any atom is 0.488 e. The summed E-state index contributed by atoms with van der Waals surface area (Å²) in [6, 6.07) is 4.08. The van der Waals surface area contributed by atoms with Crippen LogP contribution in [0.25, 0.3) is 0 Å². The van der Waals surface area contributed by atoms with Crippen LogP contribution in [0.3, 0.4) is 0 Å². The maximum absolute atomic E-state index is 11.4. The van der Waals surface area contributed by atoms with E-state index in [2.05, 4.69) is 0 Å². The zero-order valence-corrected chi connectivity index (χ0v) is 10.8. The molecule has 0 saturated heterocycles. The van der Waals surface area contributed by atoms with E-state index in [9.17, 15) is 8.42 Å². The van der Waals surface area contributed by atoms with Gasteiger partial charge in [0, 0.05) is 0 Å². The molecule has 0 atom stereocenters. The first-order valence-corrected chi connectivity index (χ1v) is 6.61. The van der Waals surface area contributed by atoms with Gasteiger partial charge in [-0.25, -0.2) is 13.6 Å². The van der Waals surface area contributed by atoms with Gasteiger partial charge < -0.3 is 10.0 Å². The molecule has 0 aromatic heterocycles. The second-order valence-corrected chi connectivity index (χ2v) is 6.45. The van der Waals surface area contributed by atoms with Crippen LogP contribution in [0.15, 0.2) is 23.1 Å². The molecule has 0 aliphatic heterocycles. The Balaban J connectivity index is 3.55. The summed E-state index contributed by atoms with van der Waals surface area (Å²) < 4.78 is 22.9. The number of hydrogen-bond donors (Lipinski definition) is 3. The third-order valence-electron chi connectivity index (χ3n) is 2.42. The molecule has 4 N–H and O–H groups in total. The van der Waals surface area contributed by atoms with Gasteiger partial charge in [-0.3, -0.25) is 0 Å². The molecule has 0 heterocycles. The Kier molecular flexibility index (Phi) is 3.68. The molecule has 1 aromatic carbocycles. The third kappa shape index (κ3) is 3.29. The highest BCUT2D eigenvalue weighted by Crippen LogP contribution is 2.27. The zero-order chi connectivity index (χ0) is 13.4. The minimum absolute atomic E-state index is 0.00870. The van der Waals surface area contributed by atoms with Gasteiger partial charge in [-0.05, 0) is 22.5 Å². The van der Waals surface area contributed by atoms with E-state index in [0.29, 0.717) is 5.56 Å². The Labute approximate surface area is 101 Å². The van der Waals surface area contributed by atoms with Crippen molar-refractivity contribution in [2.45, 2.75) is 31.1 Å². The van der Waals surface area contributed by atoms with Gasteiger partial charge in [-0.2, -0.15) is 0 Å². The molecule has 0 spiro atoms. The maximum atomic E-state index is 11.4. The van der Waals surface area contributed by atoms with Crippen molar-refractivity contribution >= 4 is 22.6 Å². The third-order valence-corrected chi connectivity index (χ3v) is 3.39. The lowest BCUT2D eigenvalue weighted by molar-refractivity contribution is 0.425.